The van der Waals surface area contributed by atoms with Crippen LogP contribution < -0.4 is 11.0 Å². The number of hydrogen-bond acceptors (Lipinski definition) is 4. The molecule has 7 heteroatoms. The van der Waals surface area contributed by atoms with Gasteiger partial charge in [0.1, 0.15) is 5.82 Å². The van der Waals surface area contributed by atoms with Crippen LogP contribution in [0.2, 0.25) is 5.02 Å². The zero-order valence-corrected chi connectivity index (χ0v) is 14.7. The standard InChI is InChI=1S/C19H15ClN4O2/c1-2-16-22-18-14(7-4-8-15(18)20)19(26)24(16)23-17(25)10-12-5-3-6-13(9-12)11-21/h3-9H,2,10H2,1H3,(H,23,25). The van der Waals surface area contributed by atoms with Crippen molar-refractivity contribution in [2.45, 2.75) is 19.8 Å². The van der Waals surface area contributed by atoms with Gasteiger partial charge in [-0.15, -0.1) is 0 Å². The van der Waals surface area contributed by atoms with E-state index in [1.54, 1.807) is 42.5 Å². The topological polar surface area (TPSA) is 87.8 Å². The molecule has 6 nitrogen and oxygen atoms in total. The molecule has 0 atom stereocenters. The largest absolute Gasteiger partial charge is 0.280 e. The summed E-state index contributed by atoms with van der Waals surface area (Å²) in [6.07, 6.45) is 0.485. The molecule has 0 bridgehead atoms. The molecule has 0 radical (unpaired) electrons. The van der Waals surface area contributed by atoms with Crippen LogP contribution in [0.4, 0.5) is 0 Å². The van der Waals surface area contributed by atoms with Crippen LogP contribution in [0.5, 0.6) is 0 Å². The minimum atomic E-state index is -0.381. The highest BCUT2D eigenvalue weighted by Crippen LogP contribution is 2.19. The lowest BCUT2D eigenvalue weighted by Gasteiger charge is -2.14. The first kappa shape index (κ1) is 17.6. The lowest BCUT2D eigenvalue weighted by molar-refractivity contribution is -0.116. The lowest BCUT2D eigenvalue weighted by atomic mass is 10.1. The molecule has 0 saturated carbocycles. The Balaban J connectivity index is 1.95. The minimum absolute atomic E-state index is 0.0404. The monoisotopic (exact) mass is 366 g/mol. The van der Waals surface area contributed by atoms with Crippen molar-refractivity contribution in [2.24, 2.45) is 0 Å². The smallest absolute Gasteiger partial charge is 0.273 e. The normalized spacial score (nSPS) is 10.5. The molecule has 1 N–H and O–H groups in total. The molecule has 1 heterocycles. The molecule has 0 fully saturated rings. The van der Waals surface area contributed by atoms with E-state index in [1.165, 1.54) is 0 Å². The summed E-state index contributed by atoms with van der Waals surface area (Å²) in [5.74, 6) is 0.0368. The average molecular weight is 367 g/mol. The molecule has 0 aliphatic rings. The molecule has 1 aromatic heterocycles. The van der Waals surface area contributed by atoms with Gasteiger partial charge in [-0.1, -0.05) is 36.7 Å². The fraction of sp³-hybridized carbons (Fsp3) is 0.158. The summed E-state index contributed by atoms with van der Waals surface area (Å²) >= 11 is 6.13. The van der Waals surface area contributed by atoms with Gasteiger partial charge in [-0.3, -0.25) is 15.0 Å². The summed E-state index contributed by atoms with van der Waals surface area (Å²) in [5, 5.41) is 9.67. The highest BCUT2D eigenvalue weighted by Gasteiger charge is 2.14. The van der Waals surface area contributed by atoms with Crippen molar-refractivity contribution in [3.8, 4) is 6.07 Å². The maximum absolute atomic E-state index is 12.8. The number of nitrogens with one attached hydrogen (secondary N) is 1. The van der Waals surface area contributed by atoms with Crippen LogP contribution in [-0.4, -0.2) is 15.6 Å². The van der Waals surface area contributed by atoms with Crippen molar-refractivity contribution < 1.29 is 4.79 Å². The lowest BCUT2D eigenvalue weighted by Crippen LogP contribution is -2.37. The van der Waals surface area contributed by atoms with E-state index in [0.717, 1.165) is 4.68 Å². The van der Waals surface area contributed by atoms with Gasteiger partial charge in [0.25, 0.3) is 5.56 Å². The third-order valence-electron chi connectivity index (χ3n) is 3.89. The minimum Gasteiger partial charge on any atom is -0.273 e. The van der Waals surface area contributed by atoms with Crippen molar-refractivity contribution in [1.82, 2.24) is 9.66 Å². The second-order valence-electron chi connectivity index (χ2n) is 5.68. The summed E-state index contributed by atoms with van der Waals surface area (Å²) in [7, 11) is 0. The highest BCUT2D eigenvalue weighted by molar-refractivity contribution is 6.34. The predicted molar refractivity (Wildman–Crippen MR) is 99.6 cm³/mol. The Hall–Kier alpha value is -3.17. The van der Waals surface area contributed by atoms with Crippen molar-refractivity contribution in [1.29, 1.82) is 5.26 Å². The van der Waals surface area contributed by atoms with Gasteiger partial charge in [-0.2, -0.15) is 5.26 Å². The SMILES string of the molecule is CCc1nc2c(Cl)cccc2c(=O)n1NC(=O)Cc1cccc(C#N)c1. The number of halogens is 1. The molecule has 0 saturated heterocycles. The van der Waals surface area contributed by atoms with E-state index in [0.29, 0.717) is 39.3 Å². The van der Waals surface area contributed by atoms with E-state index in [9.17, 15) is 9.59 Å². The van der Waals surface area contributed by atoms with Gasteiger partial charge in [-0.25, -0.2) is 9.66 Å². The maximum Gasteiger partial charge on any atom is 0.280 e. The molecule has 0 unspecified atom stereocenters. The van der Waals surface area contributed by atoms with Gasteiger partial charge in [0.05, 0.1) is 34.0 Å². The summed E-state index contributed by atoms with van der Waals surface area (Å²) in [6, 6.07) is 13.8. The molecule has 3 rings (SSSR count). The van der Waals surface area contributed by atoms with E-state index in [-0.39, 0.29) is 17.9 Å². The Morgan fingerprint density at radius 2 is 2.08 bits per heavy atom. The van der Waals surface area contributed by atoms with Crippen molar-refractivity contribution in [3.63, 3.8) is 0 Å². The summed E-state index contributed by atoms with van der Waals surface area (Å²) in [5.41, 5.74) is 3.80. The molecule has 0 aliphatic heterocycles. The number of hydrogen-bond donors (Lipinski definition) is 1. The number of amides is 1. The Labute approximate surface area is 154 Å². The Morgan fingerprint density at radius 3 is 2.81 bits per heavy atom. The summed E-state index contributed by atoms with van der Waals surface area (Å²) in [6.45, 7) is 1.84. The Bertz CT molecular complexity index is 1100. The number of nitrogens with zero attached hydrogens (tertiary/aromatic N) is 3. The number of rotatable bonds is 4. The highest BCUT2D eigenvalue weighted by atomic mass is 35.5. The summed E-state index contributed by atoms with van der Waals surface area (Å²) in [4.78, 5) is 29.6. The number of aryl methyl sites for hydroxylation is 1. The second-order valence-corrected chi connectivity index (χ2v) is 6.09. The van der Waals surface area contributed by atoms with Crippen molar-refractivity contribution in [3.05, 3.63) is 74.8 Å². The molecular weight excluding hydrogens is 352 g/mol. The predicted octanol–water partition coefficient (Wildman–Crippen LogP) is 2.80. The molecule has 3 aromatic rings. The van der Waals surface area contributed by atoms with E-state index in [1.807, 2.05) is 13.0 Å². The van der Waals surface area contributed by atoms with Crippen molar-refractivity contribution in [2.75, 3.05) is 5.43 Å². The first-order valence-corrected chi connectivity index (χ1v) is 8.40. The Kier molecular flexibility index (Phi) is 5.01. The van der Waals surface area contributed by atoms with Crippen LogP contribution in [0, 0.1) is 11.3 Å². The molecule has 1 amide bonds. The molecule has 2 aromatic carbocycles. The zero-order chi connectivity index (χ0) is 18.7. The van der Waals surface area contributed by atoms with Crippen LogP contribution in [-0.2, 0) is 17.6 Å². The third kappa shape index (κ3) is 3.44. The molecule has 0 spiro atoms. The van der Waals surface area contributed by atoms with Gasteiger partial charge in [-0.05, 0) is 29.8 Å². The van der Waals surface area contributed by atoms with Crippen molar-refractivity contribution >= 4 is 28.4 Å². The molecular formula is C19H15ClN4O2. The summed E-state index contributed by atoms with van der Waals surface area (Å²) < 4.78 is 1.16. The maximum atomic E-state index is 12.8. The zero-order valence-electron chi connectivity index (χ0n) is 14.0. The van der Waals surface area contributed by atoms with Gasteiger partial charge in [0.15, 0.2) is 0 Å². The fourth-order valence-corrected chi connectivity index (χ4v) is 2.89. The first-order chi connectivity index (χ1) is 12.5. The fourth-order valence-electron chi connectivity index (χ4n) is 2.67. The number of nitriles is 1. The molecule has 0 aliphatic carbocycles. The third-order valence-corrected chi connectivity index (χ3v) is 4.20. The number of fused-ring (bicyclic) bond motifs is 1. The number of para-hydroxylation sites is 1. The van der Waals surface area contributed by atoms with Crippen LogP contribution in [0.15, 0.2) is 47.3 Å². The van der Waals surface area contributed by atoms with E-state index in [4.69, 9.17) is 16.9 Å². The van der Waals surface area contributed by atoms with Crippen LogP contribution in [0.1, 0.15) is 23.9 Å². The number of aromatic nitrogens is 2. The van der Waals surface area contributed by atoms with E-state index < -0.39 is 0 Å². The van der Waals surface area contributed by atoms with Gasteiger partial charge in [0.2, 0.25) is 5.91 Å². The average Bonchev–Trinajstić information content (AvgIpc) is 2.64. The number of benzene rings is 2. The van der Waals surface area contributed by atoms with Gasteiger partial charge in [0, 0.05) is 6.42 Å². The molecule has 26 heavy (non-hydrogen) atoms. The van der Waals surface area contributed by atoms with Gasteiger partial charge < -0.3 is 0 Å². The molecule has 130 valence electrons. The quantitative estimate of drug-likeness (QED) is 0.769. The number of carbonyl (C=O) groups excluding carboxylic acids is 1. The van der Waals surface area contributed by atoms with Gasteiger partial charge >= 0.3 is 0 Å². The van der Waals surface area contributed by atoms with Crippen LogP contribution >= 0.6 is 11.6 Å². The second kappa shape index (κ2) is 7.38. The van der Waals surface area contributed by atoms with E-state index in [2.05, 4.69) is 10.4 Å². The van der Waals surface area contributed by atoms with Crippen LogP contribution in [0.25, 0.3) is 10.9 Å². The first-order valence-electron chi connectivity index (χ1n) is 8.02. The number of carbonyl (C=O) groups is 1. The van der Waals surface area contributed by atoms with E-state index >= 15 is 0 Å². The Morgan fingerprint density at radius 1 is 1.31 bits per heavy atom. The van der Waals surface area contributed by atoms with Crippen LogP contribution in [0.3, 0.4) is 0 Å².